The molecule has 2 aromatic rings. The highest BCUT2D eigenvalue weighted by molar-refractivity contribution is 5.78. The summed E-state index contributed by atoms with van der Waals surface area (Å²) in [5.74, 6) is 2.30. The van der Waals surface area contributed by atoms with Crippen LogP contribution in [-0.2, 0) is 11.3 Å². The predicted octanol–water partition coefficient (Wildman–Crippen LogP) is 1.76. The SMILES string of the molecule is CC(C)NC(=O)CN1CCN(Cc2nc(-c3ccc(N4CCCCC4)nc3)no2)CC1. The summed E-state index contributed by atoms with van der Waals surface area (Å²) in [6, 6.07) is 4.24. The van der Waals surface area contributed by atoms with Crippen molar-refractivity contribution in [1.82, 2.24) is 30.2 Å². The van der Waals surface area contributed by atoms with Crippen molar-refractivity contribution in [3.05, 3.63) is 24.2 Å². The zero-order valence-electron chi connectivity index (χ0n) is 18.6. The third-order valence-corrected chi connectivity index (χ3v) is 5.79. The molecule has 2 aromatic heterocycles. The number of pyridine rings is 1. The topological polar surface area (TPSA) is 90.6 Å². The average molecular weight is 428 g/mol. The Bertz CT molecular complexity index is 838. The van der Waals surface area contributed by atoms with E-state index >= 15 is 0 Å². The van der Waals surface area contributed by atoms with E-state index in [-0.39, 0.29) is 11.9 Å². The van der Waals surface area contributed by atoms with Gasteiger partial charge in [-0.25, -0.2) is 4.98 Å². The number of hydrogen-bond acceptors (Lipinski definition) is 8. The number of hydrogen-bond donors (Lipinski definition) is 1. The molecule has 2 fully saturated rings. The number of piperazine rings is 1. The van der Waals surface area contributed by atoms with Crippen LogP contribution in [0.4, 0.5) is 5.82 Å². The molecule has 2 aliphatic heterocycles. The van der Waals surface area contributed by atoms with Gasteiger partial charge in [-0.3, -0.25) is 14.6 Å². The number of rotatable bonds is 7. The van der Waals surface area contributed by atoms with Crippen molar-refractivity contribution in [2.75, 3.05) is 50.7 Å². The summed E-state index contributed by atoms with van der Waals surface area (Å²) >= 11 is 0. The Morgan fingerprint density at radius 3 is 2.48 bits per heavy atom. The molecule has 31 heavy (non-hydrogen) atoms. The van der Waals surface area contributed by atoms with Crippen molar-refractivity contribution in [2.24, 2.45) is 0 Å². The first kappa shape index (κ1) is 21.7. The van der Waals surface area contributed by atoms with Gasteiger partial charge in [0.15, 0.2) is 0 Å². The van der Waals surface area contributed by atoms with Gasteiger partial charge in [-0.05, 0) is 45.2 Å². The maximum atomic E-state index is 11.9. The van der Waals surface area contributed by atoms with Gasteiger partial charge < -0.3 is 14.7 Å². The van der Waals surface area contributed by atoms with E-state index in [0.717, 1.165) is 50.6 Å². The molecular weight excluding hydrogens is 394 g/mol. The number of aromatic nitrogens is 3. The lowest BCUT2D eigenvalue weighted by Crippen LogP contribution is -2.49. The lowest BCUT2D eigenvalue weighted by molar-refractivity contribution is -0.123. The third kappa shape index (κ3) is 6.01. The fraction of sp³-hybridized carbons (Fsp3) is 0.636. The van der Waals surface area contributed by atoms with Gasteiger partial charge in [0, 0.05) is 57.1 Å². The third-order valence-electron chi connectivity index (χ3n) is 5.79. The molecule has 1 N–H and O–H groups in total. The van der Waals surface area contributed by atoms with E-state index in [2.05, 4.69) is 35.1 Å². The quantitative estimate of drug-likeness (QED) is 0.715. The van der Waals surface area contributed by atoms with Crippen molar-refractivity contribution in [3.8, 4) is 11.4 Å². The molecule has 9 nitrogen and oxygen atoms in total. The standard InChI is InChI=1S/C22H33N7O2/c1-17(2)24-20(30)15-27-10-12-28(13-11-27)16-21-25-22(26-31-21)18-6-7-19(23-14-18)29-8-4-3-5-9-29/h6-7,14,17H,3-5,8-13,15-16H2,1-2H3,(H,24,30). The Morgan fingerprint density at radius 2 is 1.81 bits per heavy atom. The van der Waals surface area contributed by atoms with Crippen LogP contribution in [-0.4, -0.2) is 82.7 Å². The summed E-state index contributed by atoms with van der Waals surface area (Å²) < 4.78 is 5.48. The minimum atomic E-state index is 0.0879. The van der Waals surface area contributed by atoms with E-state index < -0.39 is 0 Å². The molecule has 0 aromatic carbocycles. The number of piperidine rings is 1. The second-order valence-corrected chi connectivity index (χ2v) is 8.74. The van der Waals surface area contributed by atoms with Gasteiger partial charge in [0.1, 0.15) is 5.82 Å². The van der Waals surface area contributed by atoms with Gasteiger partial charge in [-0.1, -0.05) is 5.16 Å². The highest BCUT2D eigenvalue weighted by atomic mass is 16.5. The Kier molecular flexibility index (Phi) is 7.14. The Labute approximate surface area is 183 Å². The number of anilines is 1. The normalized spacial score (nSPS) is 18.5. The summed E-state index contributed by atoms with van der Waals surface area (Å²) in [4.78, 5) is 27.9. The van der Waals surface area contributed by atoms with Gasteiger partial charge in [-0.15, -0.1) is 0 Å². The van der Waals surface area contributed by atoms with Crippen LogP contribution < -0.4 is 10.2 Å². The van der Waals surface area contributed by atoms with Crippen LogP contribution in [0.5, 0.6) is 0 Å². The predicted molar refractivity (Wildman–Crippen MR) is 119 cm³/mol. The van der Waals surface area contributed by atoms with E-state index in [1.165, 1.54) is 19.3 Å². The maximum Gasteiger partial charge on any atom is 0.241 e. The van der Waals surface area contributed by atoms with Crippen molar-refractivity contribution in [1.29, 1.82) is 0 Å². The molecule has 0 spiro atoms. The van der Waals surface area contributed by atoms with Gasteiger partial charge >= 0.3 is 0 Å². The van der Waals surface area contributed by atoms with Crippen molar-refractivity contribution in [2.45, 2.75) is 45.7 Å². The summed E-state index contributed by atoms with van der Waals surface area (Å²) in [5.41, 5.74) is 0.872. The first-order valence-corrected chi connectivity index (χ1v) is 11.3. The smallest absolute Gasteiger partial charge is 0.241 e. The number of carbonyl (C=O) groups excluding carboxylic acids is 1. The molecule has 0 unspecified atom stereocenters. The van der Waals surface area contributed by atoms with Gasteiger partial charge in [0.2, 0.25) is 17.6 Å². The van der Waals surface area contributed by atoms with Crippen LogP contribution >= 0.6 is 0 Å². The van der Waals surface area contributed by atoms with Crippen LogP contribution in [0.15, 0.2) is 22.9 Å². The second-order valence-electron chi connectivity index (χ2n) is 8.74. The molecule has 0 radical (unpaired) electrons. The molecule has 0 aliphatic carbocycles. The molecule has 9 heteroatoms. The molecule has 4 heterocycles. The number of nitrogens with zero attached hydrogens (tertiary/aromatic N) is 6. The van der Waals surface area contributed by atoms with E-state index in [4.69, 9.17) is 4.52 Å². The average Bonchev–Trinajstić information content (AvgIpc) is 3.24. The number of nitrogens with one attached hydrogen (secondary N) is 1. The Morgan fingerprint density at radius 1 is 1.06 bits per heavy atom. The Hall–Kier alpha value is -2.52. The molecule has 1 amide bonds. The van der Waals surface area contributed by atoms with Crippen LogP contribution in [0, 0.1) is 0 Å². The van der Waals surface area contributed by atoms with Gasteiger partial charge in [0.25, 0.3) is 0 Å². The van der Waals surface area contributed by atoms with Crippen LogP contribution in [0.2, 0.25) is 0 Å². The fourth-order valence-electron chi connectivity index (χ4n) is 4.13. The molecule has 2 saturated heterocycles. The largest absolute Gasteiger partial charge is 0.357 e. The highest BCUT2D eigenvalue weighted by Gasteiger charge is 2.21. The van der Waals surface area contributed by atoms with Crippen molar-refractivity contribution < 1.29 is 9.32 Å². The number of amides is 1. The van der Waals surface area contributed by atoms with Crippen molar-refractivity contribution >= 4 is 11.7 Å². The summed E-state index contributed by atoms with van der Waals surface area (Å²) in [5, 5.41) is 7.09. The van der Waals surface area contributed by atoms with Crippen LogP contribution in [0.1, 0.15) is 39.0 Å². The molecule has 168 valence electrons. The minimum absolute atomic E-state index is 0.0879. The lowest BCUT2D eigenvalue weighted by atomic mass is 10.1. The molecule has 0 saturated carbocycles. The first-order chi connectivity index (χ1) is 15.1. The monoisotopic (exact) mass is 427 g/mol. The van der Waals surface area contributed by atoms with Crippen molar-refractivity contribution in [3.63, 3.8) is 0 Å². The Balaban J connectivity index is 1.26. The van der Waals surface area contributed by atoms with Gasteiger partial charge in [0.05, 0.1) is 13.1 Å². The fourth-order valence-corrected chi connectivity index (χ4v) is 4.13. The van der Waals surface area contributed by atoms with Crippen LogP contribution in [0.25, 0.3) is 11.4 Å². The molecule has 0 bridgehead atoms. The molecule has 2 aliphatic rings. The molecular formula is C22H33N7O2. The van der Waals surface area contributed by atoms with E-state index in [0.29, 0.717) is 24.8 Å². The zero-order valence-corrected chi connectivity index (χ0v) is 18.6. The first-order valence-electron chi connectivity index (χ1n) is 11.3. The summed E-state index contributed by atoms with van der Waals surface area (Å²) in [7, 11) is 0. The van der Waals surface area contributed by atoms with E-state index in [1.807, 2.05) is 32.2 Å². The second kappa shape index (κ2) is 10.2. The van der Waals surface area contributed by atoms with E-state index in [1.54, 1.807) is 0 Å². The molecule has 0 atom stereocenters. The minimum Gasteiger partial charge on any atom is -0.357 e. The van der Waals surface area contributed by atoms with Gasteiger partial charge in [-0.2, -0.15) is 4.98 Å². The lowest BCUT2D eigenvalue weighted by Gasteiger charge is -2.33. The van der Waals surface area contributed by atoms with Crippen LogP contribution in [0.3, 0.4) is 0 Å². The summed E-state index contributed by atoms with van der Waals surface area (Å²) in [6.07, 6.45) is 5.61. The highest BCUT2D eigenvalue weighted by Crippen LogP contribution is 2.21. The molecule has 4 rings (SSSR count). The maximum absolute atomic E-state index is 11.9. The number of carbonyl (C=O) groups is 1. The summed E-state index contributed by atoms with van der Waals surface area (Å²) in [6.45, 7) is 10.7. The van der Waals surface area contributed by atoms with E-state index in [9.17, 15) is 4.79 Å². The zero-order chi connectivity index (χ0) is 21.6.